The van der Waals surface area contributed by atoms with Gasteiger partial charge in [0.25, 0.3) is 0 Å². The highest BCUT2D eigenvalue weighted by Crippen LogP contribution is 2.10. The van der Waals surface area contributed by atoms with Crippen molar-refractivity contribution in [1.29, 1.82) is 0 Å². The maximum atomic E-state index is 11.8. The number of carbonyl (C=O) groups excluding carboxylic acids is 2. The number of urea groups is 2. The fourth-order valence-corrected chi connectivity index (χ4v) is 2.51. The number of rotatable bonds is 7. The van der Waals surface area contributed by atoms with Crippen molar-refractivity contribution in [2.24, 2.45) is 0 Å². The molecule has 1 atom stereocenters. The van der Waals surface area contributed by atoms with E-state index in [2.05, 4.69) is 21.3 Å². The minimum atomic E-state index is -0.198. The molecule has 2 rings (SSSR count). The van der Waals surface area contributed by atoms with Crippen LogP contribution in [-0.4, -0.2) is 37.9 Å². The maximum absolute atomic E-state index is 11.8. The first-order valence-electron chi connectivity index (χ1n) is 8.40. The Morgan fingerprint density at radius 1 is 1.08 bits per heavy atom. The monoisotopic (exact) mass is 334 g/mol. The predicted octanol–water partition coefficient (Wildman–Crippen LogP) is 1.48. The molecule has 0 spiro atoms. The van der Waals surface area contributed by atoms with Crippen molar-refractivity contribution in [3.05, 3.63) is 35.4 Å². The highest BCUT2D eigenvalue weighted by Gasteiger charge is 2.15. The lowest BCUT2D eigenvalue weighted by Crippen LogP contribution is -2.39. The molecule has 0 radical (unpaired) electrons. The molecule has 0 aromatic heterocycles. The van der Waals surface area contributed by atoms with Gasteiger partial charge in [-0.25, -0.2) is 9.59 Å². The van der Waals surface area contributed by atoms with Gasteiger partial charge in [0.1, 0.15) is 0 Å². The van der Waals surface area contributed by atoms with E-state index in [1.165, 1.54) is 0 Å². The molecule has 24 heavy (non-hydrogen) atoms. The first-order chi connectivity index (χ1) is 11.7. The quantitative estimate of drug-likeness (QED) is 0.609. The van der Waals surface area contributed by atoms with E-state index in [-0.39, 0.29) is 18.2 Å². The lowest BCUT2D eigenvalue weighted by atomic mass is 10.1. The molecule has 1 aliphatic heterocycles. The Kier molecular flexibility index (Phi) is 7.35. The van der Waals surface area contributed by atoms with Crippen molar-refractivity contribution < 1.29 is 14.3 Å². The van der Waals surface area contributed by atoms with Crippen LogP contribution < -0.4 is 21.3 Å². The molecule has 7 nitrogen and oxygen atoms in total. The van der Waals surface area contributed by atoms with Crippen molar-refractivity contribution in [3.63, 3.8) is 0 Å². The van der Waals surface area contributed by atoms with Gasteiger partial charge in [0, 0.05) is 32.8 Å². The molecule has 1 aliphatic rings. The smallest absolute Gasteiger partial charge is 0.315 e. The van der Waals surface area contributed by atoms with Gasteiger partial charge < -0.3 is 26.0 Å². The van der Waals surface area contributed by atoms with Crippen LogP contribution in [0.15, 0.2) is 24.3 Å². The van der Waals surface area contributed by atoms with Crippen LogP contribution in [0, 0.1) is 0 Å². The number of nitrogens with one attached hydrogen (secondary N) is 4. The molecule has 0 aliphatic carbocycles. The van der Waals surface area contributed by atoms with E-state index < -0.39 is 0 Å². The van der Waals surface area contributed by atoms with Gasteiger partial charge in [0.2, 0.25) is 0 Å². The molecule has 0 saturated carbocycles. The summed E-state index contributed by atoms with van der Waals surface area (Å²) in [7, 11) is 0. The molecular formula is C17H26N4O3. The molecule has 1 aromatic carbocycles. The highest BCUT2D eigenvalue weighted by atomic mass is 16.5. The SMILES string of the molecule is CCNC(=O)NCc1cccc(CNC(=O)NCC2CCCO2)c1. The Labute approximate surface area is 142 Å². The van der Waals surface area contributed by atoms with E-state index in [0.717, 1.165) is 30.6 Å². The Bertz CT molecular complexity index is 544. The zero-order valence-electron chi connectivity index (χ0n) is 14.1. The lowest BCUT2D eigenvalue weighted by molar-refractivity contribution is 0.111. The van der Waals surface area contributed by atoms with Crippen LogP contribution in [0.25, 0.3) is 0 Å². The maximum Gasteiger partial charge on any atom is 0.315 e. The van der Waals surface area contributed by atoms with Crippen molar-refractivity contribution in [1.82, 2.24) is 21.3 Å². The first kappa shape index (κ1) is 18.1. The molecule has 1 unspecified atom stereocenters. The minimum absolute atomic E-state index is 0.138. The Hall–Kier alpha value is -2.28. The van der Waals surface area contributed by atoms with Gasteiger partial charge in [0.15, 0.2) is 0 Å². The zero-order valence-corrected chi connectivity index (χ0v) is 14.1. The summed E-state index contributed by atoms with van der Waals surface area (Å²) in [4.78, 5) is 23.2. The summed E-state index contributed by atoms with van der Waals surface area (Å²) in [6.07, 6.45) is 2.20. The molecule has 4 amide bonds. The number of amides is 4. The third-order valence-electron chi connectivity index (χ3n) is 3.75. The van der Waals surface area contributed by atoms with Crippen LogP contribution in [-0.2, 0) is 17.8 Å². The molecule has 1 heterocycles. The van der Waals surface area contributed by atoms with E-state index in [0.29, 0.717) is 26.2 Å². The number of hydrogen-bond acceptors (Lipinski definition) is 3. The molecular weight excluding hydrogens is 308 g/mol. The lowest BCUT2D eigenvalue weighted by Gasteiger charge is -2.12. The summed E-state index contributed by atoms with van der Waals surface area (Å²) in [5.74, 6) is 0. The molecule has 1 aromatic rings. The van der Waals surface area contributed by atoms with Gasteiger partial charge in [-0.3, -0.25) is 0 Å². The first-order valence-corrected chi connectivity index (χ1v) is 8.40. The number of carbonyl (C=O) groups is 2. The van der Waals surface area contributed by atoms with Crippen molar-refractivity contribution in [2.75, 3.05) is 19.7 Å². The standard InChI is InChI=1S/C17H26N4O3/c1-2-18-16(22)19-10-13-5-3-6-14(9-13)11-20-17(23)21-12-15-7-4-8-24-15/h3,5-6,9,15H,2,4,7-8,10-12H2,1H3,(H2,18,19,22)(H2,20,21,23). The minimum Gasteiger partial charge on any atom is -0.376 e. The summed E-state index contributed by atoms with van der Waals surface area (Å²) < 4.78 is 5.46. The van der Waals surface area contributed by atoms with Gasteiger partial charge in [0.05, 0.1) is 6.10 Å². The van der Waals surface area contributed by atoms with Crippen LogP contribution >= 0.6 is 0 Å². The number of hydrogen-bond donors (Lipinski definition) is 4. The van der Waals surface area contributed by atoms with Gasteiger partial charge in [-0.05, 0) is 30.9 Å². The molecule has 1 fully saturated rings. The number of ether oxygens (including phenoxy) is 1. The molecule has 0 bridgehead atoms. The van der Waals surface area contributed by atoms with Crippen LogP contribution in [0.3, 0.4) is 0 Å². The summed E-state index contributed by atoms with van der Waals surface area (Å²) in [5.41, 5.74) is 1.97. The van der Waals surface area contributed by atoms with E-state index in [1.54, 1.807) is 0 Å². The zero-order chi connectivity index (χ0) is 17.2. The van der Waals surface area contributed by atoms with Gasteiger partial charge >= 0.3 is 12.1 Å². The Morgan fingerprint density at radius 3 is 2.33 bits per heavy atom. The van der Waals surface area contributed by atoms with Crippen LogP contribution in [0.2, 0.25) is 0 Å². The largest absolute Gasteiger partial charge is 0.376 e. The third-order valence-corrected chi connectivity index (χ3v) is 3.75. The molecule has 4 N–H and O–H groups in total. The van der Waals surface area contributed by atoms with Crippen molar-refractivity contribution in [3.8, 4) is 0 Å². The van der Waals surface area contributed by atoms with E-state index >= 15 is 0 Å². The fourth-order valence-electron chi connectivity index (χ4n) is 2.51. The summed E-state index contributed by atoms with van der Waals surface area (Å²) >= 11 is 0. The highest BCUT2D eigenvalue weighted by molar-refractivity contribution is 5.74. The van der Waals surface area contributed by atoms with E-state index in [4.69, 9.17) is 4.74 Å². The Morgan fingerprint density at radius 2 is 1.75 bits per heavy atom. The predicted molar refractivity (Wildman–Crippen MR) is 91.6 cm³/mol. The summed E-state index contributed by atoms with van der Waals surface area (Å²) in [6, 6.07) is 7.37. The summed E-state index contributed by atoms with van der Waals surface area (Å²) in [6.45, 7) is 4.68. The fraction of sp³-hybridized carbons (Fsp3) is 0.529. The topological polar surface area (TPSA) is 91.5 Å². The second kappa shape index (κ2) is 9.77. The van der Waals surface area contributed by atoms with Gasteiger partial charge in [-0.2, -0.15) is 0 Å². The molecule has 1 saturated heterocycles. The van der Waals surface area contributed by atoms with Crippen molar-refractivity contribution >= 4 is 12.1 Å². The summed E-state index contributed by atoms with van der Waals surface area (Å²) in [5, 5.41) is 11.1. The van der Waals surface area contributed by atoms with Crippen LogP contribution in [0.4, 0.5) is 9.59 Å². The Balaban J connectivity index is 1.70. The average Bonchev–Trinajstić information content (AvgIpc) is 3.10. The molecule has 7 heteroatoms. The van der Waals surface area contributed by atoms with Crippen molar-refractivity contribution in [2.45, 2.75) is 39.0 Å². The average molecular weight is 334 g/mol. The van der Waals surface area contributed by atoms with E-state index in [9.17, 15) is 9.59 Å². The van der Waals surface area contributed by atoms with E-state index in [1.807, 2.05) is 31.2 Å². The number of benzene rings is 1. The second-order valence-corrected chi connectivity index (χ2v) is 5.73. The molecule has 132 valence electrons. The van der Waals surface area contributed by atoms with Crippen LogP contribution in [0.5, 0.6) is 0 Å². The van der Waals surface area contributed by atoms with Crippen LogP contribution in [0.1, 0.15) is 30.9 Å². The second-order valence-electron chi connectivity index (χ2n) is 5.73. The normalized spacial score (nSPS) is 16.5. The van der Waals surface area contributed by atoms with Gasteiger partial charge in [-0.15, -0.1) is 0 Å². The van der Waals surface area contributed by atoms with Gasteiger partial charge in [-0.1, -0.05) is 24.3 Å². The third kappa shape index (κ3) is 6.45.